The number of furan rings is 1. The number of pyridine rings is 1. The van der Waals surface area contributed by atoms with Crippen LogP contribution in [0.5, 0.6) is 0 Å². The first-order chi connectivity index (χ1) is 16.3. The highest BCUT2D eigenvalue weighted by Gasteiger charge is 2.42. The van der Waals surface area contributed by atoms with E-state index < -0.39 is 29.5 Å². The largest absolute Gasteiger partial charge is 0.450 e. The molecule has 34 heavy (non-hydrogen) atoms. The third kappa shape index (κ3) is 4.24. The summed E-state index contributed by atoms with van der Waals surface area (Å²) in [5.74, 6) is -1.78. The molecule has 0 spiro atoms. The highest BCUT2D eigenvalue weighted by molar-refractivity contribution is 6.10. The molecule has 1 amide bonds. The molecular weight excluding hydrogens is 453 g/mol. The van der Waals surface area contributed by atoms with Crippen LogP contribution in [0.25, 0.3) is 21.9 Å². The zero-order valence-electron chi connectivity index (χ0n) is 18.2. The molecule has 5 rings (SSSR count). The molecule has 0 radical (unpaired) electrons. The fourth-order valence-corrected chi connectivity index (χ4v) is 4.06. The lowest BCUT2D eigenvalue weighted by atomic mass is 10.0. The van der Waals surface area contributed by atoms with Crippen molar-refractivity contribution in [3.8, 4) is 0 Å². The number of aryl methyl sites for hydroxylation is 1. The highest BCUT2D eigenvalue weighted by Crippen LogP contribution is 2.42. The average molecular weight is 474 g/mol. The summed E-state index contributed by atoms with van der Waals surface area (Å²) in [6, 6.07) is 6.89. The Morgan fingerprint density at radius 3 is 2.85 bits per heavy atom. The Bertz CT molecular complexity index is 1340. The molecule has 1 aliphatic heterocycles. The molecule has 1 fully saturated rings. The van der Waals surface area contributed by atoms with Crippen LogP contribution >= 0.6 is 0 Å². The minimum absolute atomic E-state index is 0.000314. The maximum absolute atomic E-state index is 14.2. The van der Waals surface area contributed by atoms with Crippen LogP contribution in [-0.4, -0.2) is 53.1 Å². The van der Waals surface area contributed by atoms with Crippen LogP contribution in [0.4, 0.5) is 13.2 Å². The van der Waals surface area contributed by atoms with Crippen LogP contribution in [0.3, 0.4) is 0 Å². The van der Waals surface area contributed by atoms with Crippen molar-refractivity contribution in [3.05, 3.63) is 59.2 Å². The molecule has 0 saturated carbocycles. The van der Waals surface area contributed by atoms with E-state index in [0.717, 1.165) is 0 Å². The van der Waals surface area contributed by atoms with Gasteiger partial charge in [-0.1, -0.05) is 6.07 Å². The number of nitrogens with one attached hydrogen (secondary N) is 1. The molecule has 11 heteroatoms. The second kappa shape index (κ2) is 8.73. The van der Waals surface area contributed by atoms with Gasteiger partial charge in [-0.15, -0.1) is 0 Å². The van der Waals surface area contributed by atoms with E-state index in [-0.39, 0.29) is 36.2 Å². The number of carbonyl (C=O) groups is 1. The van der Waals surface area contributed by atoms with E-state index in [1.54, 1.807) is 31.5 Å². The van der Waals surface area contributed by atoms with Gasteiger partial charge in [0.15, 0.2) is 0 Å². The highest BCUT2D eigenvalue weighted by atomic mass is 19.4. The van der Waals surface area contributed by atoms with E-state index in [0.29, 0.717) is 29.9 Å². The van der Waals surface area contributed by atoms with Crippen LogP contribution in [0, 0.1) is 6.92 Å². The van der Waals surface area contributed by atoms with Gasteiger partial charge in [-0.2, -0.15) is 18.3 Å². The molecule has 8 nitrogen and oxygen atoms in total. The number of fused-ring (bicyclic) bond motifs is 3. The van der Waals surface area contributed by atoms with Crippen LogP contribution < -0.4 is 5.32 Å². The summed E-state index contributed by atoms with van der Waals surface area (Å²) in [7, 11) is 0. The van der Waals surface area contributed by atoms with Gasteiger partial charge in [0.1, 0.15) is 16.7 Å². The van der Waals surface area contributed by atoms with E-state index >= 15 is 0 Å². The first-order valence-electron chi connectivity index (χ1n) is 10.7. The number of halogens is 3. The van der Waals surface area contributed by atoms with Crippen LogP contribution in [0.2, 0.25) is 0 Å². The molecule has 1 aliphatic rings. The van der Waals surface area contributed by atoms with Crippen molar-refractivity contribution >= 4 is 27.8 Å². The predicted octanol–water partition coefficient (Wildman–Crippen LogP) is 3.70. The summed E-state index contributed by atoms with van der Waals surface area (Å²) in [5, 5.41) is 7.18. The SMILES string of the molecule is Cc1cc2oc(C(=O)NC[C@@H]3COCCO3)c(C(F)(F)F)c2c2nn(Cc3ccccn3)cc12. The smallest absolute Gasteiger partial charge is 0.421 e. The lowest BCUT2D eigenvalue weighted by Crippen LogP contribution is -2.40. The zero-order chi connectivity index (χ0) is 23.9. The van der Waals surface area contributed by atoms with Crippen molar-refractivity contribution in [2.75, 3.05) is 26.4 Å². The van der Waals surface area contributed by atoms with E-state index in [2.05, 4.69) is 15.4 Å². The minimum Gasteiger partial charge on any atom is -0.450 e. The fraction of sp³-hybridized carbons (Fsp3) is 0.348. The average Bonchev–Trinajstić information content (AvgIpc) is 3.41. The molecule has 3 aromatic heterocycles. The third-order valence-corrected chi connectivity index (χ3v) is 5.62. The molecule has 1 atom stereocenters. The second-order valence-electron chi connectivity index (χ2n) is 8.06. The number of hydrogen-bond donors (Lipinski definition) is 1. The molecule has 178 valence electrons. The summed E-state index contributed by atoms with van der Waals surface area (Å²) in [5.41, 5.74) is 0.306. The number of hydrogen-bond acceptors (Lipinski definition) is 6. The van der Waals surface area contributed by atoms with E-state index in [1.165, 1.54) is 10.7 Å². The van der Waals surface area contributed by atoms with Crippen molar-refractivity contribution in [1.29, 1.82) is 0 Å². The number of ether oxygens (including phenoxy) is 2. The molecule has 0 unspecified atom stereocenters. The number of rotatable bonds is 5. The minimum atomic E-state index is -4.84. The Hall–Kier alpha value is -3.44. The summed E-state index contributed by atoms with van der Waals surface area (Å²) < 4.78 is 60.4. The molecule has 1 aromatic carbocycles. The quantitative estimate of drug-likeness (QED) is 0.474. The van der Waals surface area contributed by atoms with E-state index in [1.807, 2.05) is 6.07 Å². The van der Waals surface area contributed by atoms with Crippen molar-refractivity contribution in [1.82, 2.24) is 20.1 Å². The Balaban J connectivity index is 1.57. The topological polar surface area (TPSA) is 91.4 Å². The van der Waals surface area contributed by atoms with Crippen molar-refractivity contribution in [3.63, 3.8) is 0 Å². The monoisotopic (exact) mass is 474 g/mol. The van der Waals surface area contributed by atoms with E-state index in [4.69, 9.17) is 13.9 Å². The van der Waals surface area contributed by atoms with Gasteiger partial charge >= 0.3 is 6.18 Å². The van der Waals surface area contributed by atoms with Gasteiger partial charge in [0.25, 0.3) is 5.91 Å². The third-order valence-electron chi connectivity index (χ3n) is 5.62. The van der Waals surface area contributed by atoms with Crippen LogP contribution in [0.15, 0.2) is 41.1 Å². The fourth-order valence-electron chi connectivity index (χ4n) is 4.06. The molecule has 4 heterocycles. The van der Waals surface area contributed by atoms with Gasteiger partial charge in [0, 0.05) is 24.3 Å². The van der Waals surface area contributed by atoms with Crippen LogP contribution in [-0.2, 0) is 22.2 Å². The Kier molecular flexibility index (Phi) is 5.74. The number of nitrogens with zero attached hydrogens (tertiary/aromatic N) is 3. The normalized spacial score (nSPS) is 16.9. The summed E-state index contributed by atoms with van der Waals surface area (Å²) in [6.45, 7) is 3.09. The number of aromatic nitrogens is 3. The number of carbonyl (C=O) groups excluding carboxylic acids is 1. The maximum Gasteiger partial charge on any atom is 0.421 e. The zero-order valence-corrected chi connectivity index (χ0v) is 18.2. The lowest BCUT2D eigenvalue weighted by molar-refractivity contribution is -0.137. The summed E-state index contributed by atoms with van der Waals surface area (Å²) in [6.07, 6.45) is -1.97. The van der Waals surface area contributed by atoms with Crippen molar-refractivity contribution in [2.24, 2.45) is 0 Å². The standard InChI is InChI=1S/C23H21F3N4O4/c1-13-8-17-18(20-16(13)11-30(29-20)10-14-4-2-3-5-27-14)19(23(24,25)26)21(34-17)22(31)28-9-15-12-32-6-7-33-15/h2-5,8,11,15H,6-7,9-10,12H2,1H3,(H,28,31)/t15-/m1/s1. The molecule has 1 N–H and O–H groups in total. The van der Waals surface area contributed by atoms with Gasteiger partial charge in [0.05, 0.1) is 43.5 Å². The molecule has 0 bridgehead atoms. The molecular formula is C23H21F3N4O4. The van der Waals surface area contributed by atoms with E-state index in [9.17, 15) is 18.0 Å². The maximum atomic E-state index is 14.2. The van der Waals surface area contributed by atoms with Crippen LogP contribution in [0.1, 0.15) is 27.4 Å². The van der Waals surface area contributed by atoms with Crippen molar-refractivity contribution in [2.45, 2.75) is 25.7 Å². The Morgan fingerprint density at radius 1 is 1.29 bits per heavy atom. The molecule has 4 aromatic rings. The first kappa shape index (κ1) is 22.4. The van der Waals surface area contributed by atoms with Gasteiger partial charge in [-0.05, 0) is 30.7 Å². The predicted molar refractivity (Wildman–Crippen MR) is 115 cm³/mol. The first-order valence-corrected chi connectivity index (χ1v) is 10.7. The molecule has 1 saturated heterocycles. The number of alkyl halides is 3. The summed E-state index contributed by atoms with van der Waals surface area (Å²) in [4.78, 5) is 17.0. The Morgan fingerprint density at radius 2 is 2.15 bits per heavy atom. The summed E-state index contributed by atoms with van der Waals surface area (Å²) >= 11 is 0. The second-order valence-corrected chi connectivity index (χ2v) is 8.06. The van der Waals surface area contributed by atoms with Gasteiger partial charge in [0.2, 0.25) is 5.76 Å². The Labute approximate surface area is 191 Å². The lowest BCUT2D eigenvalue weighted by Gasteiger charge is -2.22. The number of benzene rings is 1. The number of amides is 1. The van der Waals surface area contributed by atoms with Gasteiger partial charge < -0.3 is 19.2 Å². The van der Waals surface area contributed by atoms with Crippen molar-refractivity contribution < 1.29 is 31.9 Å². The molecule has 0 aliphatic carbocycles. The van der Waals surface area contributed by atoms with Gasteiger partial charge in [-0.25, -0.2) is 0 Å². The van der Waals surface area contributed by atoms with Gasteiger partial charge in [-0.3, -0.25) is 14.5 Å².